The van der Waals surface area contributed by atoms with E-state index in [-0.39, 0.29) is 0 Å². The van der Waals surface area contributed by atoms with Crippen LogP contribution < -0.4 is 0 Å². The van der Waals surface area contributed by atoms with Crippen molar-refractivity contribution < 1.29 is 0 Å². The van der Waals surface area contributed by atoms with E-state index in [9.17, 15) is 0 Å². The third-order valence-electron chi connectivity index (χ3n) is 11.6. The van der Waals surface area contributed by atoms with E-state index in [0.29, 0.717) is 10.8 Å². The summed E-state index contributed by atoms with van der Waals surface area (Å²) in [4.78, 5) is 0. The molecule has 4 fully saturated rings. The lowest BCUT2D eigenvalue weighted by molar-refractivity contribution is -0.0523. The molecule has 0 bridgehead atoms. The molecule has 0 saturated heterocycles. The predicted octanol–water partition coefficient (Wildman–Crippen LogP) is 10.2. The van der Waals surface area contributed by atoms with Crippen LogP contribution in [0, 0.1) is 52.3 Å². The maximum Gasteiger partial charge on any atom is -0.00851 e. The van der Waals surface area contributed by atoms with Crippen molar-refractivity contribution in [3.05, 3.63) is 11.6 Å². The van der Waals surface area contributed by atoms with Gasteiger partial charge in [-0.1, -0.05) is 98.1 Å². The summed E-state index contributed by atoms with van der Waals surface area (Å²) in [5.74, 6) is 6.73. The van der Waals surface area contributed by atoms with E-state index in [1.54, 1.807) is 0 Å². The number of allylic oxidation sites excluding steroid dienone is 2. The number of hydrogen-bond donors (Lipinski definition) is 0. The Balaban J connectivity index is 0.000000552. The van der Waals surface area contributed by atoms with E-state index in [4.69, 9.17) is 0 Å². The lowest BCUT2D eigenvalue weighted by Gasteiger charge is -2.58. The molecular weight excluding hydrogens is 384 g/mol. The van der Waals surface area contributed by atoms with Crippen LogP contribution in [0.5, 0.6) is 0 Å². The van der Waals surface area contributed by atoms with Gasteiger partial charge in [-0.2, -0.15) is 0 Å². The van der Waals surface area contributed by atoms with Crippen LogP contribution >= 0.6 is 0 Å². The molecular formula is C32H56. The molecule has 0 heteroatoms. The van der Waals surface area contributed by atoms with Gasteiger partial charge in [-0.3, -0.25) is 0 Å². The van der Waals surface area contributed by atoms with Gasteiger partial charge < -0.3 is 0 Å². The number of hydrogen-bond acceptors (Lipinski definition) is 0. The Hall–Kier alpha value is -0.260. The van der Waals surface area contributed by atoms with Crippen LogP contribution in [-0.4, -0.2) is 0 Å². The fraction of sp³-hybridized carbons (Fsp3) is 0.938. The van der Waals surface area contributed by atoms with Crippen LogP contribution in [0.25, 0.3) is 0 Å². The van der Waals surface area contributed by atoms with Crippen LogP contribution in [0.3, 0.4) is 0 Å². The van der Waals surface area contributed by atoms with Gasteiger partial charge in [0, 0.05) is 0 Å². The average molecular weight is 441 g/mol. The van der Waals surface area contributed by atoms with Gasteiger partial charge in [-0.15, -0.1) is 0 Å². The van der Waals surface area contributed by atoms with Crippen molar-refractivity contribution in [2.75, 3.05) is 0 Å². The molecule has 4 saturated carbocycles. The standard InChI is InChI=1S/C28H48.C4H8/c1-19(2)8-7-9-21(4)24-12-13-25-23-11-10-22-18-20(3)14-16-27(22,5)26(23)15-17-28(24,25)6;1-2-4-3-1/h10,19-21,23-26H,7-9,11-18H2,1-6H3;1-4H2/t20-,21+,23-,24?,25-,26?,27?,28?;/m0./s1. The molecule has 0 amide bonds. The van der Waals surface area contributed by atoms with E-state index in [1.807, 2.05) is 5.57 Å². The Morgan fingerprint density at radius 2 is 1.59 bits per heavy atom. The average Bonchev–Trinajstić information content (AvgIpc) is 3.04. The minimum absolute atomic E-state index is 0.553. The fourth-order valence-electron chi connectivity index (χ4n) is 9.12. The Bertz CT molecular complexity index is 634. The minimum Gasteiger partial charge on any atom is -0.0845 e. The van der Waals surface area contributed by atoms with E-state index in [2.05, 4.69) is 47.6 Å². The molecule has 0 nitrogen and oxygen atoms in total. The number of rotatable bonds is 5. The Morgan fingerprint density at radius 1 is 0.875 bits per heavy atom. The van der Waals surface area contributed by atoms with Crippen LogP contribution in [-0.2, 0) is 0 Å². The maximum absolute atomic E-state index is 2.75. The predicted molar refractivity (Wildman–Crippen MR) is 141 cm³/mol. The van der Waals surface area contributed by atoms with Gasteiger partial charge in [-0.05, 0) is 104 Å². The van der Waals surface area contributed by atoms with Crippen molar-refractivity contribution in [2.24, 2.45) is 52.3 Å². The van der Waals surface area contributed by atoms with Crippen molar-refractivity contribution in [3.8, 4) is 0 Å². The lowest BCUT2D eigenvalue weighted by Crippen LogP contribution is -2.50. The summed E-state index contributed by atoms with van der Waals surface area (Å²) < 4.78 is 0. The highest BCUT2D eigenvalue weighted by molar-refractivity contribution is 5.25. The summed E-state index contributed by atoms with van der Waals surface area (Å²) in [5.41, 5.74) is 3.06. The Kier molecular flexibility index (Phi) is 7.89. The second kappa shape index (κ2) is 10.2. The van der Waals surface area contributed by atoms with E-state index in [1.165, 1.54) is 96.3 Å². The van der Waals surface area contributed by atoms with Gasteiger partial charge in [0.05, 0.1) is 0 Å². The normalized spacial score (nSPS) is 43.7. The van der Waals surface area contributed by atoms with E-state index < -0.39 is 0 Å². The monoisotopic (exact) mass is 440 g/mol. The highest BCUT2D eigenvalue weighted by Gasteiger charge is 2.58. The topological polar surface area (TPSA) is 0 Å². The van der Waals surface area contributed by atoms with Gasteiger partial charge in [0.25, 0.3) is 0 Å². The molecule has 8 atom stereocenters. The first-order valence-corrected chi connectivity index (χ1v) is 14.9. The summed E-state index contributed by atoms with van der Waals surface area (Å²) in [6, 6.07) is 0. The second-order valence-corrected chi connectivity index (χ2v) is 14.1. The fourth-order valence-corrected chi connectivity index (χ4v) is 9.12. The Morgan fingerprint density at radius 3 is 2.25 bits per heavy atom. The molecule has 0 aromatic heterocycles. The van der Waals surface area contributed by atoms with Gasteiger partial charge in [0.15, 0.2) is 0 Å². The molecule has 32 heavy (non-hydrogen) atoms. The molecule has 5 aliphatic carbocycles. The van der Waals surface area contributed by atoms with Crippen LogP contribution in [0.15, 0.2) is 11.6 Å². The van der Waals surface area contributed by atoms with E-state index >= 15 is 0 Å². The Labute approximate surface area is 201 Å². The summed E-state index contributed by atoms with van der Waals surface area (Å²) in [7, 11) is 0. The molecule has 0 aliphatic heterocycles. The highest BCUT2D eigenvalue weighted by atomic mass is 14.6. The van der Waals surface area contributed by atoms with Crippen LogP contribution in [0.4, 0.5) is 0 Å². The zero-order valence-electron chi connectivity index (χ0n) is 22.7. The molecule has 0 spiro atoms. The second-order valence-electron chi connectivity index (χ2n) is 14.1. The van der Waals surface area contributed by atoms with E-state index in [0.717, 1.165) is 41.4 Å². The van der Waals surface area contributed by atoms with Gasteiger partial charge in [-0.25, -0.2) is 0 Å². The third kappa shape index (κ3) is 4.77. The smallest absolute Gasteiger partial charge is 0.00851 e. The van der Waals surface area contributed by atoms with Crippen molar-refractivity contribution in [1.82, 2.24) is 0 Å². The lowest BCUT2D eigenvalue weighted by atomic mass is 9.46. The maximum atomic E-state index is 2.75. The molecule has 0 radical (unpaired) electrons. The van der Waals surface area contributed by atoms with Crippen LogP contribution in [0.1, 0.15) is 138 Å². The molecule has 0 heterocycles. The summed E-state index contributed by atoms with van der Waals surface area (Å²) in [5, 5.41) is 0. The molecule has 5 aliphatic rings. The molecule has 0 aromatic carbocycles. The van der Waals surface area contributed by atoms with Crippen molar-refractivity contribution in [3.63, 3.8) is 0 Å². The molecule has 0 aromatic rings. The molecule has 5 rings (SSSR count). The first kappa shape index (κ1) is 24.9. The number of fused-ring (bicyclic) bond motifs is 5. The SMILES string of the molecule is C1CCC1.CC(C)CCC[C@@H](C)C1CC[C@H]2[C@@H]3CC=C4C[C@@H](C)CCC4(C)C3CCC12C. The minimum atomic E-state index is 0.553. The van der Waals surface area contributed by atoms with Crippen LogP contribution in [0.2, 0.25) is 0 Å². The van der Waals surface area contributed by atoms with Crippen molar-refractivity contribution in [1.29, 1.82) is 0 Å². The van der Waals surface area contributed by atoms with Gasteiger partial charge >= 0.3 is 0 Å². The van der Waals surface area contributed by atoms with Gasteiger partial charge in [0.1, 0.15) is 0 Å². The summed E-state index contributed by atoms with van der Waals surface area (Å²) in [6.07, 6.45) is 25.0. The zero-order chi connectivity index (χ0) is 22.9. The summed E-state index contributed by atoms with van der Waals surface area (Å²) >= 11 is 0. The molecule has 184 valence electrons. The first-order valence-electron chi connectivity index (χ1n) is 14.9. The molecule has 0 N–H and O–H groups in total. The third-order valence-corrected chi connectivity index (χ3v) is 11.6. The molecule has 4 unspecified atom stereocenters. The quantitative estimate of drug-likeness (QED) is 0.373. The van der Waals surface area contributed by atoms with Crippen molar-refractivity contribution >= 4 is 0 Å². The van der Waals surface area contributed by atoms with Crippen molar-refractivity contribution in [2.45, 2.75) is 138 Å². The first-order chi connectivity index (χ1) is 15.3. The highest BCUT2D eigenvalue weighted by Crippen LogP contribution is 2.67. The van der Waals surface area contributed by atoms with Gasteiger partial charge in [0.2, 0.25) is 0 Å². The largest absolute Gasteiger partial charge is 0.0845 e. The summed E-state index contributed by atoms with van der Waals surface area (Å²) in [6.45, 7) is 15.3. The zero-order valence-corrected chi connectivity index (χ0v) is 22.7.